The first-order valence-corrected chi connectivity index (χ1v) is 7.98. The van der Waals surface area contributed by atoms with Crippen molar-refractivity contribution in [2.75, 3.05) is 6.54 Å². The van der Waals surface area contributed by atoms with Crippen molar-refractivity contribution in [1.29, 1.82) is 0 Å². The number of benzene rings is 1. The molecule has 1 aromatic carbocycles. The van der Waals surface area contributed by atoms with E-state index in [1.807, 2.05) is 4.68 Å². The number of aryl methyl sites for hydroxylation is 2. The molecule has 0 aliphatic carbocycles. The van der Waals surface area contributed by atoms with Gasteiger partial charge >= 0.3 is 0 Å². The van der Waals surface area contributed by atoms with E-state index in [1.165, 1.54) is 0 Å². The topological polar surface area (TPSA) is 55.6 Å². The zero-order valence-corrected chi connectivity index (χ0v) is 14.8. The highest BCUT2D eigenvalue weighted by molar-refractivity contribution is 9.10. The monoisotopic (exact) mass is 351 g/mol. The van der Waals surface area contributed by atoms with Crippen LogP contribution in [0.1, 0.15) is 43.8 Å². The second kappa shape index (κ2) is 6.66. The second-order valence-corrected chi connectivity index (χ2v) is 6.78. The molecule has 21 heavy (non-hydrogen) atoms. The van der Waals surface area contributed by atoms with Gasteiger partial charge in [-0.3, -0.25) is 0 Å². The maximum absolute atomic E-state index is 4.20. The molecule has 1 aromatic heterocycles. The molecule has 0 aliphatic rings. The van der Waals surface area contributed by atoms with Gasteiger partial charge in [0.05, 0.1) is 11.7 Å². The van der Waals surface area contributed by atoms with E-state index < -0.39 is 0 Å². The fourth-order valence-corrected chi connectivity index (χ4v) is 3.05. The molecule has 0 fully saturated rings. The molecule has 1 heterocycles. The van der Waals surface area contributed by atoms with E-state index in [0.29, 0.717) is 5.92 Å². The summed E-state index contributed by atoms with van der Waals surface area (Å²) in [5, 5.41) is 15.7. The van der Waals surface area contributed by atoms with Crippen LogP contribution < -0.4 is 5.32 Å². The maximum Gasteiger partial charge on any atom is 0.173 e. The highest BCUT2D eigenvalue weighted by atomic mass is 79.9. The molecule has 0 saturated heterocycles. The van der Waals surface area contributed by atoms with E-state index in [4.69, 9.17) is 0 Å². The molecular formula is C15H22BrN5. The summed E-state index contributed by atoms with van der Waals surface area (Å²) in [7, 11) is 0. The summed E-state index contributed by atoms with van der Waals surface area (Å²) in [5.74, 6) is 1.43. The lowest BCUT2D eigenvalue weighted by molar-refractivity contribution is 0.474. The molecule has 2 aromatic rings. The van der Waals surface area contributed by atoms with Crippen LogP contribution in [0.3, 0.4) is 0 Å². The van der Waals surface area contributed by atoms with Crippen molar-refractivity contribution in [1.82, 2.24) is 25.5 Å². The van der Waals surface area contributed by atoms with E-state index in [0.717, 1.165) is 33.7 Å². The van der Waals surface area contributed by atoms with Crippen LogP contribution in [0, 0.1) is 19.8 Å². The zero-order chi connectivity index (χ0) is 15.6. The van der Waals surface area contributed by atoms with Gasteiger partial charge in [0.1, 0.15) is 0 Å². The van der Waals surface area contributed by atoms with Crippen LogP contribution in [0.2, 0.25) is 0 Å². The van der Waals surface area contributed by atoms with Gasteiger partial charge in [-0.15, -0.1) is 5.10 Å². The highest BCUT2D eigenvalue weighted by Gasteiger charge is 2.18. The minimum atomic E-state index is 0.102. The molecule has 1 N–H and O–H groups in total. The van der Waals surface area contributed by atoms with Crippen molar-refractivity contribution in [3.8, 4) is 5.69 Å². The molecule has 5 nitrogen and oxygen atoms in total. The summed E-state index contributed by atoms with van der Waals surface area (Å²) in [4.78, 5) is 0. The Morgan fingerprint density at radius 2 is 1.81 bits per heavy atom. The summed E-state index contributed by atoms with van der Waals surface area (Å²) < 4.78 is 2.91. The van der Waals surface area contributed by atoms with Gasteiger partial charge in [-0.2, -0.15) is 4.68 Å². The molecule has 2 rings (SSSR count). The largest absolute Gasteiger partial charge is 0.307 e. The first kappa shape index (κ1) is 16.1. The Labute approximate surface area is 134 Å². The van der Waals surface area contributed by atoms with E-state index in [1.54, 1.807) is 0 Å². The zero-order valence-electron chi connectivity index (χ0n) is 13.2. The van der Waals surface area contributed by atoms with Crippen LogP contribution in [-0.4, -0.2) is 26.8 Å². The van der Waals surface area contributed by atoms with Crippen LogP contribution in [0.4, 0.5) is 0 Å². The Balaban J connectivity index is 2.37. The molecule has 0 bridgehead atoms. The van der Waals surface area contributed by atoms with E-state index in [2.05, 4.69) is 83.5 Å². The van der Waals surface area contributed by atoms with Gasteiger partial charge in [-0.05, 0) is 66.9 Å². The molecule has 0 amide bonds. The van der Waals surface area contributed by atoms with Crippen molar-refractivity contribution in [2.45, 2.75) is 40.7 Å². The molecule has 0 saturated carbocycles. The smallest absolute Gasteiger partial charge is 0.173 e. The molecule has 1 atom stereocenters. The molecular weight excluding hydrogens is 330 g/mol. The van der Waals surface area contributed by atoms with Crippen LogP contribution >= 0.6 is 15.9 Å². The van der Waals surface area contributed by atoms with Gasteiger partial charge in [0.15, 0.2) is 5.82 Å². The molecule has 6 heteroatoms. The van der Waals surface area contributed by atoms with Gasteiger partial charge in [0.2, 0.25) is 0 Å². The Morgan fingerprint density at radius 3 is 2.38 bits per heavy atom. The number of nitrogens with one attached hydrogen (secondary N) is 1. The van der Waals surface area contributed by atoms with Gasteiger partial charge in [0, 0.05) is 4.47 Å². The Hall–Kier alpha value is -1.27. The average molecular weight is 352 g/mol. The van der Waals surface area contributed by atoms with Gasteiger partial charge < -0.3 is 5.32 Å². The van der Waals surface area contributed by atoms with Crippen LogP contribution in [-0.2, 0) is 0 Å². The summed E-state index contributed by atoms with van der Waals surface area (Å²) in [6.45, 7) is 11.5. The molecule has 0 radical (unpaired) electrons. The first-order valence-electron chi connectivity index (χ1n) is 7.19. The number of aromatic nitrogens is 4. The highest BCUT2D eigenvalue weighted by Crippen LogP contribution is 2.25. The number of rotatable bonds is 5. The third-order valence-corrected chi connectivity index (χ3v) is 3.84. The Bertz CT molecular complexity index is 597. The van der Waals surface area contributed by atoms with Crippen LogP contribution in [0.25, 0.3) is 5.69 Å². The number of halogens is 1. The lowest BCUT2D eigenvalue weighted by atomic mass is 10.1. The van der Waals surface area contributed by atoms with Crippen LogP contribution in [0.5, 0.6) is 0 Å². The number of nitrogens with zero attached hydrogens (tertiary/aromatic N) is 4. The first-order chi connectivity index (χ1) is 9.90. The fourth-order valence-electron chi connectivity index (χ4n) is 2.36. The van der Waals surface area contributed by atoms with E-state index in [9.17, 15) is 0 Å². The van der Waals surface area contributed by atoms with Gasteiger partial charge in [-0.25, -0.2) is 0 Å². The fraction of sp³-hybridized carbons (Fsp3) is 0.533. The predicted molar refractivity (Wildman–Crippen MR) is 87.6 cm³/mol. The maximum atomic E-state index is 4.20. The molecule has 0 aliphatic heterocycles. The lowest BCUT2D eigenvalue weighted by Gasteiger charge is -2.17. The quantitative estimate of drug-likeness (QED) is 0.897. The van der Waals surface area contributed by atoms with E-state index >= 15 is 0 Å². The lowest BCUT2D eigenvalue weighted by Crippen LogP contribution is -2.26. The molecule has 1 unspecified atom stereocenters. The third kappa shape index (κ3) is 3.68. The van der Waals surface area contributed by atoms with Crippen molar-refractivity contribution in [3.63, 3.8) is 0 Å². The van der Waals surface area contributed by atoms with Crippen LogP contribution in [0.15, 0.2) is 16.6 Å². The minimum absolute atomic E-state index is 0.102. The number of hydrogen-bond acceptors (Lipinski definition) is 4. The molecule has 0 spiro atoms. The number of hydrogen-bond donors (Lipinski definition) is 1. The van der Waals surface area contributed by atoms with E-state index in [-0.39, 0.29) is 6.04 Å². The second-order valence-electron chi connectivity index (χ2n) is 5.86. The molecule has 114 valence electrons. The predicted octanol–water partition coefficient (Wildman–Crippen LogP) is 3.35. The Kier molecular flexibility index (Phi) is 5.11. The number of tetrazole rings is 1. The normalized spacial score (nSPS) is 12.9. The Morgan fingerprint density at radius 1 is 1.19 bits per heavy atom. The standard InChI is InChI=1S/C15H22BrN5/c1-9(2)8-17-12(5)15-18-19-20-21(15)14-10(3)6-13(16)7-11(14)4/h6-7,9,12,17H,8H2,1-5H3. The SMILES string of the molecule is Cc1cc(Br)cc(C)c1-n1nnnc1C(C)NCC(C)C. The third-order valence-electron chi connectivity index (χ3n) is 3.38. The summed E-state index contributed by atoms with van der Waals surface area (Å²) in [5.41, 5.74) is 3.34. The van der Waals surface area contributed by atoms with Crippen molar-refractivity contribution in [2.24, 2.45) is 5.92 Å². The van der Waals surface area contributed by atoms with Gasteiger partial charge in [0.25, 0.3) is 0 Å². The van der Waals surface area contributed by atoms with Crippen molar-refractivity contribution < 1.29 is 0 Å². The minimum Gasteiger partial charge on any atom is -0.307 e. The summed E-state index contributed by atoms with van der Waals surface area (Å²) in [6.07, 6.45) is 0. The van der Waals surface area contributed by atoms with Crippen molar-refractivity contribution in [3.05, 3.63) is 33.6 Å². The van der Waals surface area contributed by atoms with Gasteiger partial charge in [-0.1, -0.05) is 29.8 Å². The summed E-state index contributed by atoms with van der Waals surface area (Å²) in [6, 6.07) is 4.27. The summed E-state index contributed by atoms with van der Waals surface area (Å²) >= 11 is 3.53. The van der Waals surface area contributed by atoms with Crippen molar-refractivity contribution >= 4 is 15.9 Å². The average Bonchev–Trinajstić information content (AvgIpc) is 2.83.